The third-order valence-electron chi connectivity index (χ3n) is 5.02. The van der Waals surface area contributed by atoms with Crippen LogP contribution in [0.4, 0.5) is 0 Å². The van der Waals surface area contributed by atoms with Crippen molar-refractivity contribution in [2.24, 2.45) is 13.0 Å². The molecule has 3 rings (SSSR count). The summed E-state index contributed by atoms with van der Waals surface area (Å²) in [5.41, 5.74) is 1.08. The lowest BCUT2D eigenvalue weighted by Gasteiger charge is -2.31. The first kappa shape index (κ1) is 18.2. The lowest BCUT2D eigenvalue weighted by Crippen LogP contribution is -2.47. The number of imidazole rings is 1. The van der Waals surface area contributed by atoms with Gasteiger partial charge in [-0.25, -0.2) is 4.98 Å². The number of thiocarbonyl (C=S) groups is 1. The molecule has 1 aliphatic carbocycles. The molecule has 0 unspecified atom stereocenters. The zero-order valence-electron chi connectivity index (χ0n) is 14.7. The Balaban J connectivity index is 1.76. The van der Waals surface area contributed by atoms with Gasteiger partial charge in [-0.15, -0.1) is 0 Å². The maximum absolute atomic E-state index is 6.04. The SMILES string of the molecule is C[C@@H]1CCCC[C@H]1NC(=S)N[C@@H](c1ccc(Cl)cc1)c1nccn1C. The van der Waals surface area contributed by atoms with Gasteiger partial charge in [0, 0.05) is 30.5 Å². The monoisotopic (exact) mass is 376 g/mol. The third-order valence-corrected chi connectivity index (χ3v) is 5.51. The number of nitrogens with one attached hydrogen (secondary N) is 2. The van der Waals surface area contributed by atoms with Crippen LogP contribution < -0.4 is 10.6 Å². The highest BCUT2D eigenvalue weighted by Gasteiger charge is 2.24. The lowest BCUT2D eigenvalue weighted by atomic mass is 9.86. The van der Waals surface area contributed by atoms with Crippen molar-refractivity contribution in [3.63, 3.8) is 0 Å². The van der Waals surface area contributed by atoms with Crippen LogP contribution in [0, 0.1) is 5.92 Å². The Bertz CT molecular complexity index is 712. The lowest BCUT2D eigenvalue weighted by molar-refractivity contribution is 0.307. The molecule has 0 spiro atoms. The van der Waals surface area contributed by atoms with Crippen LogP contribution in [0.2, 0.25) is 5.02 Å². The quantitative estimate of drug-likeness (QED) is 0.784. The van der Waals surface area contributed by atoms with E-state index in [4.69, 9.17) is 23.8 Å². The van der Waals surface area contributed by atoms with Crippen molar-refractivity contribution in [1.29, 1.82) is 0 Å². The van der Waals surface area contributed by atoms with Crippen molar-refractivity contribution in [2.45, 2.75) is 44.7 Å². The van der Waals surface area contributed by atoms with Crippen LogP contribution in [-0.4, -0.2) is 20.7 Å². The van der Waals surface area contributed by atoms with Gasteiger partial charge in [-0.05, 0) is 48.7 Å². The summed E-state index contributed by atoms with van der Waals surface area (Å²) < 4.78 is 2.01. The Morgan fingerprint density at radius 1 is 1.28 bits per heavy atom. The largest absolute Gasteiger partial charge is 0.360 e. The molecule has 134 valence electrons. The zero-order chi connectivity index (χ0) is 17.8. The predicted molar refractivity (Wildman–Crippen MR) is 107 cm³/mol. The first-order valence-electron chi connectivity index (χ1n) is 8.84. The van der Waals surface area contributed by atoms with E-state index in [1.54, 1.807) is 6.20 Å². The Morgan fingerprint density at radius 2 is 2.00 bits per heavy atom. The molecule has 3 atom stereocenters. The summed E-state index contributed by atoms with van der Waals surface area (Å²) in [6.45, 7) is 2.30. The van der Waals surface area contributed by atoms with E-state index in [1.807, 2.05) is 42.1 Å². The smallest absolute Gasteiger partial charge is 0.167 e. The molecule has 1 fully saturated rings. The van der Waals surface area contributed by atoms with E-state index >= 15 is 0 Å². The maximum Gasteiger partial charge on any atom is 0.167 e. The highest BCUT2D eigenvalue weighted by Crippen LogP contribution is 2.25. The number of rotatable bonds is 4. The van der Waals surface area contributed by atoms with E-state index in [9.17, 15) is 0 Å². The van der Waals surface area contributed by atoms with Gasteiger partial charge in [0.1, 0.15) is 11.9 Å². The molecule has 1 aromatic carbocycles. The third kappa shape index (κ3) is 4.53. The minimum atomic E-state index is -0.115. The van der Waals surface area contributed by atoms with Crippen LogP contribution in [-0.2, 0) is 7.05 Å². The van der Waals surface area contributed by atoms with Gasteiger partial charge in [0.15, 0.2) is 5.11 Å². The van der Waals surface area contributed by atoms with Crippen molar-refractivity contribution in [3.05, 3.63) is 53.1 Å². The molecule has 1 aromatic heterocycles. The average molecular weight is 377 g/mol. The van der Waals surface area contributed by atoms with Crippen LogP contribution in [0.25, 0.3) is 0 Å². The molecule has 1 saturated carbocycles. The van der Waals surface area contributed by atoms with E-state index in [-0.39, 0.29) is 6.04 Å². The number of aryl methyl sites for hydroxylation is 1. The molecule has 6 heteroatoms. The van der Waals surface area contributed by atoms with Gasteiger partial charge < -0.3 is 15.2 Å². The standard InChI is InChI=1S/C19H25ClN4S/c1-13-5-3-4-6-16(13)22-19(25)23-17(18-21-11-12-24(18)2)14-7-9-15(20)10-8-14/h7-13,16-17H,3-6H2,1-2H3,(H2,22,23,25)/t13-,16-,17+/m1/s1. The van der Waals surface area contributed by atoms with Gasteiger partial charge in [0.25, 0.3) is 0 Å². The number of halogens is 1. The summed E-state index contributed by atoms with van der Waals surface area (Å²) in [6, 6.07) is 8.15. The molecule has 2 N–H and O–H groups in total. The van der Waals surface area contributed by atoms with Crippen molar-refractivity contribution in [3.8, 4) is 0 Å². The Hall–Kier alpha value is -1.59. The van der Waals surface area contributed by atoms with Crippen LogP contribution in [0.5, 0.6) is 0 Å². The van der Waals surface area contributed by atoms with Crippen molar-refractivity contribution in [2.75, 3.05) is 0 Å². The minimum absolute atomic E-state index is 0.115. The fourth-order valence-corrected chi connectivity index (χ4v) is 3.87. The normalized spacial score (nSPS) is 21.6. The number of aromatic nitrogens is 2. The first-order chi connectivity index (χ1) is 12.0. The van der Waals surface area contributed by atoms with Gasteiger partial charge >= 0.3 is 0 Å². The maximum atomic E-state index is 6.04. The second kappa shape index (κ2) is 8.19. The first-order valence-corrected chi connectivity index (χ1v) is 9.63. The number of hydrogen-bond donors (Lipinski definition) is 2. The molecule has 0 bridgehead atoms. The van der Waals surface area contributed by atoms with Crippen molar-refractivity contribution >= 4 is 28.9 Å². The van der Waals surface area contributed by atoms with E-state index in [1.165, 1.54) is 25.7 Å². The molecule has 25 heavy (non-hydrogen) atoms. The predicted octanol–water partition coefficient (Wildman–Crippen LogP) is 4.21. The Kier molecular flexibility index (Phi) is 5.97. The van der Waals surface area contributed by atoms with E-state index in [0.29, 0.717) is 17.1 Å². The molecule has 2 aromatic rings. The number of hydrogen-bond acceptors (Lipinski definition) is 2. The molecular weight excluding hydrogens is 352 g/mol. The zero-order valence-corrected chi connectivity index (χ0v) is 16.3. The fourth-order valence-electron chi connectivity index (χ4n) is 3.48. The second-order valence-corrected chi connectivity index (χ2v) is 7.71. The molecule has 0 amide bonds. The van der Waals surface area contributed by atoms with Gasteiger partial charge in [-0.1, -0.05) is 43.5 Å². The summed E-state index contributed by atoms with van der Waals surface area (Å²) in [7, 11) is 1.99. The van der Waals surface area contributed by atoms with Crippen LogP contribution >= 0.6 is 23.8 Å². The summed E-state index contributed by atoms with van der Waals surface area (Å²) in [4.78, 5) is 4.51. The van der Waals surface area contributed by atoms with Crippen molar-refractivity contribution in [1.82, 2.24) is 20.2 Å². The van der Waals surface area contributed by atoms with Crippen molar-refractivity contribution < 1.29 is 0 Å². The summed E-state index contributed by atoms with van der Waals surface area (Å²) in [5.74, 6) is 1.57. The van der Waals surface area contributed by atoms with Gasteiger partial charge in [-0.3, -0.25) is 0 Å². The summed E-state index contributed by atoms with van der Waals surface area (Å²) in [6.07, 6.45) is 8.78. The second-order valence-electron chi connectivity index (χ2n) is 6.87. The molecule has 4 nitrogen and oxygen atoms in total. The Morgan fingerprint density at radius 3 is 2.64 bits per heavy atom. The van der Waals surface area contributed by atoms with E-state index in [2.05, 4.69) is 22.5 Å². The highest BCUT2D eigenvalue weighted by atomic mass is 35.5. The average Bonchev–Trinajstić information content (AvgIpc) is 3.01. The molecule has 0 radical (unpaired) electrons. The van der Waals surface area contributed by atoms with Crippen LogP contribution in [0.3, 0.4) is 0 Å². The Labute approximate surface area is 160 Å². The molecule has 1 aliphatic rings. The molecule has 0 saturated heterocycles. The highest BCUT2D eigenvalue weighted by molar-refractivity contribution is 7.80. The minimum Gasteiger partial charge on any atom is -0.360 e. The topological polar surface area (TPSA) is 41.9 Å². The number of nitrogens with zero attached hydrogens (tertiary/aromatic N) is 2. The number of benzene rings is 1. The summed E-state index contributed by atoms with van der Waals surface area (Å²) in [5, 5.41) is 8.38. The van der Waals surface area contributed by atoms with Gasteiger partial charge in [-0.2, -0.15) is 0 Å². The fraction of sp³-hybridized carbons (Fsp3) is 0.474. The van der Waals surface area contributed by atoms with Gasteiger partial charge in [0.05, 0.1) is 0 Å². The summed E-state index contributed by atoms with van der Waals surface area (Å²) >= 11 is 11.7. The molecule has 1 heterocycles. The van der Waals surface area contributed by atoms with E-state index < -0.39 is 0 Å². The van der Waals surface area contributed by atoms with Crippen LogP contribution in [0.1, 0.15) is 50.0 Å². The van der Waals surface area contributed by atoms with Gasteiger partial charge in [0.2, 0.25) is 0 Å². The molecular formula is C19H25ClN4S. The van der Waals surface area contributed by atoms with E-state index in [0.717, 1.165) is 16.4 Å². The van der Waals surface area contributed by atoms with Crippen LogP contribution in [0.15, 0.2) is 36.7 Å². The molecule has 0 aliphatic heterocycles.